The van der Waals surface area contributed by atoms with Crippen molar-refractivity contribution in [3.05, 3.63) is 83.0 Å². The first-order valence-electron chi connectivity index (χ1n) is 22.7. The molecule has 4 aliphatic heterocycles. The van der Waals surface area contributed by atoms with Gasteiger partial charge in [0.05, 0.1) is 36.6 Å². The highest BCUT2D eigenvalue weighted by Crippen LogP contribution is 2.47. The Kier molecular flexibility index (Phi) is 15.3. The Morgan fingerprint density at radius 3 is 2.40 bits per heavy atom. The molecule has 3 fully saturated rings. The first-order valence-corrected chi connectivity index (χ1v) is 24.6. The number of hydrogen-bond donors (Lipinski definition) is 3. The Balaban J connectivity index is 0.741. The van der Waals surface area contributed by atoms with E-state index in [1.54, 1.807) is 43.5 Å². The van der Waals surface area contributed by atoms with Crippen molar-refractivity contribution in [3.8, 4) is 11.5 Å². The molecule has 5 heterocycles. The van der Waals surface area contributed by atoms with Crippen molar-refractivity contribution in [1.82, 2.24) is 30.0 Å². The SMILES string of the molecule is COc1cc(N2CCC(N3CCN(C(=O)CCCCCOc4ccc5c(c4)CN(C4CCC(=O)NC4=O)C5=O)CC3)CC2)ccc1Nc1ncc(Cl)c(Nc2ccccc2P(=O)(OC)OC)n1. The molecule has 8 rings (SSSR count). The number of carbonyl (C=O) groups is 4. The van der Waals surface area contributed by atoms with Crippen molar-refractivity contribution in [2.45, 2.75) is 70.0 Å². The normalized spacial score (nSPS) is 18.2. The Morgan fingerprint density at radius 1 is 0.881 bits per heavy atom. The van der Waals surface area contributed by atoms with Crippen molar-refractivity contribution in [1.29, 1.82) is 0 Å². The predicted octanol–water partition coefficient (Wildman–Crippen LogP) is 6.25. The molecule has 0 bridgehead atoms. The smallest absolute Gasteiger partial charge is 0.362 e. The summed E-state index contributed by atoms with van der Waals surface area (Å²) in [4.78, 5) is 67.4. The Labute approximate surface area is 395 Å². The van der Waals surface area contributed by atoms with Gasteiger partial charge in [0.15, 0.2) is 5.82 Å². The lowest BCUT2D eigenvalue weighted by molar-refractivity contribution is -0.137. The predicted molar refractivity (Wildman–Crippen MR) is 254 cm³/mol. The van der Waals surface area contributed by atoms with E-state index < -0.39 is 19.5 Å². The molecule has 3 N–H and O–H groups in total. The van der Waals surface area contributed by atoms with Crippen LogP contribution in [0.5, 0.6) is 11.5 Å². The van der Waals surface area contributed by atoms with Gasteiger partial charge < -0.3 is 43.9 Å². The molecule has 0 spiro atoms. The number of rotatable bonds is 18. The third-order valence-corrected chi connectivity index (χ3v) is 15.1. The van der Waals surface area contributed by atoms with E-state index in [1.807, 2.05) is 23.1 Å². The van der Waals surface area contributed by atoms with Crippen LogP contribution in [0.1, 0.15) is 67.3 Å². The standard InChI is InChI=1S/C47H57ClN9O9P/c1-63-40-28-33(12-15-37(40)51-47-49-29-36(48)44(53-47)50-38-9-6-7-10-41(38)67(62,64-2)65-3)54-20-18-32(19-21-54)55-22-24-56(25-23-55)43(59)11-5-4-8-26-66-34-13-14-35-31(27-34)30-57(46(35)61)39-16-17-42(58)52-45(39)60/h6-7,9-10,12-15,27-29,32,39H,4-5,8,11,16-26,30H2,1-3H3,(H,52,58,60)(H2,49,50,51,53). The number of piperidine rings is 2. The Bertz CT molecular complexity index is 2510. The number of amides is 4. The number of methoxy groups -OCH3 is 1. The van der Waals surface area contributed by atoms with Crippen LogP contribution in [0.2, 0.25) is 5.02 Å². The van der Waals surface area contributed by atoms with E-state index in [1.165, 1.54) is 25.3 Å². The number of para-hydroxylation sites is 1. The fourth-order valence-corrected chi connectivity index (χ4v) is 10.6. The van der Waals surface area contributed by atoms with E-state index in [9.17, 15) is 23.7 Å². The van der Waals surface area contributed by atoms with E-state index in [2.05, 4.69) is 41.8 Å². The molecule has 4 aromatic rings. The molecular formula is C47H57ClN9O9P. The Morgan fingerprint density at radius 2 is 1.66 bits per heavy atom. The number of benzene rings is 3. The summed E-state index contributed by atoms with van der Waals surface area (Å²) in [5, 5.41) is 9.33. The van der Waals surface area contributed by atoms with Crippen LogP contribution >= 0.6 is 19.2 Å². The molecule has 1 aromatic heterocycles. The second-order valence-electron chi connectivity index (χ2n) is 16.9. The van der Waals surface area contributed by atoms with Crippen molar-refractivity contribution in [3.63, 3.8) is 0 Å². The largest absolute Gasteiger partial charge is 0.494 e. The first kappa shape index (κ1) is 47.7. The minimum atomic E-state index is -3.57. The van der Waals surface area contributed by atoms with Gasteiger partial charge in [-0.3, -0.25) is 34.0 Å². The number of unbranched alkanes of at least 4 members (excludes halogenated alkanes) is 2. The van der Waals surface area contributed by atoms with E-state index >= 15 is 0 Å². The van der Waals surface area contributed by atoms with Crippen molar-refractivity contribution < 1.29 is 42.3 Å². The highest BCUT2D eigenvalue weighted by atomic mass is 35.5. The third kappa shape index (κ3) is 11.0. The molecule has 0 aliphatic carbocycles. The molecule has 4 aliphatic rings. The number of aromatic nitrogens is 2. The molecule has 3 aromatic carbocycles. The topological polar surface area (TPSA) is 197 Å². The minimum absolute atomic E-state index is 0.203. The number of carbonyl (C=O) groups excluding carboxylic acids is 4. The second-order valence-corrected chi connectivity index (χ2v) is 19.5. The lowest BCUT2D eigenvalue weighted by Crippen LogP contribution is -2.54. The molecule has 18 nitrogen and oxygen atoms in total. The number of hydrogen-bond acceptors (Lipinski definition) is 15. The summed E-state index contributed by atoms with van der Waals surface area (Å²) in [6.45, 7) is 5.82. The average molecular weight is 958 g/mol. The summed E-state index contributed by atoms with van der Waals surface area (Å²) in [6.07, 6.45) is 7.04. The van der Waals surface area contributed by atoms with Crippen LogP contribution in [0.3, 0.4) is 0 Å². The molecule has 67 heavy (non-hydrogen) atoms. The van der Waals surface area contributed by atoms with Gasteiger partial charge >= 0.3 is 7.60 Å². The van der Waals surface area contributed by atoms with Crippen LogP contribution in [0.4, 0.5) is 28.8 Å². The molecule has 3 saturated heterocycles. The number of halogens is 1. The van der Waals surface area contributed by atoms with E-state index in [-0.39, 0.29) is 35.1 Å². The molecular weight excluding hydrogens is 901 g/mol. The van der Waals surface area contributed by atoms with Crippen LogP contribution < -0.4 is 35.6 Å². The highest BCUT2D eigenvalue weighted by molar-refractivity contribution is 7.62. The zero-order valence-corrected chi connectivity index (χ0v) is 39.7. The summed E-state index contributed by atoms with van der Waals surface area (Å²) in [5.74, 6) is 1.14. The van der Waals surface area contributed by atoms with Gasteiger partial charge in [0.25, 0.3) is 5.91 Å². The maximum Gasteiger partial charge on any atom is 0.362 e. The van der Waals surface area contributed by atoms with Crippen LogP contribution in [0, 0.1) is 0 Å². The van der Waals surface area contributed by atoms with Gasteiger partial charge in [-0.1, -0.05) is 23.7 Å². The van der Waals surface area contributed by atoms with Gasteiger partial charge in [-0.2, -0.15) is 4.98 Å². The summed E-state index contributed by atoms with van der Waals surface area (Å²) in [5.41, 5.74) is 3.56. The number of nitrogens with zero attached hydrogens (tertiary/aromatic N) is 6. The van der Waals surface area contributed by atoms with E-state index in [0.717, 1.165) is 82.6 Å². The maximum atomic E-state index is 13.2. The Hall–Kier alpha value is -5.78. The first-order chi connectivity index (χ1) is 32.5. The molecule has 1 atom stereocenters. The van der Waals surface area contributed by atoms with Crippen molar-refractivity contribution >= 4 is 77.0 Å². The van der Waals surface area contributed by atoms with Gasteiger partial charge in [-0.15, -0.1) is 0 Å². The average Bonchev–Trinajstić information content (AvgIpc) is 3.68. The maximum absolute atomic E-state index is 13.2. The lowest BCUT2D eigenvalue weighted by Gasteiger charge is -2.43. The lowest BCUT2D eigenvalue weighted by atomic mass is 10.0. The molecule has 4 amide bonds. The molecule has 0 saturated carbocycles. The quantitative estimate of drug-likeness (QED) is 0.0575. The monoisotopic (exact) mass is 957 g/mol. The van der Waals surface area contributed by atoms with E-state index in [4.69, 9.17) is 30.1 Å². The summed E-state index contributed by atoms with van der Waals surface area (Å²) < 4.78 is 35.4. The van der Waals surface area contributed by atoms with Crippen LogP contribution in [-0.2, 0) is 34.5 Å². The zero-order valence-electron chi connectivity index (χ0n) is 38.0. The number of nitrogens with one attached hydrogen (secondary N) is 3. The summed E-state index contributed by atoms with van der Waals surface area (Å²) in [7, 11) is 0.712. The summed E-state index contributed by atoms with van der Waals surface area (Å²) in [6, 6.07) is 18.1. The number of fused-ring (bicyclic) bond motifs is 1. The van der Waals surface area contributed by atoms with Crippen LogP contribution in [-0.4, -0.2) is 128 Å². The summed E-state index contributed by atoms with van der Waals surface area (Å²) >= 11 is 6.49. The number of piperazine rings is 1. The zero-order chi connectivity index (χ0) is 47.1. The fraction of sp³-hybridized carbons (Fsp3) is 0.447. The van der Waals surface area contributed by atoms with Gasteiger partial charge in [-0.05, 0) is 86.6 Å². The second kappa shape index (κ2) is 21.5. The van der Waals surface area contributed by atoms with Gasteiger partial charge in [0.2, 0.25) is 23.7 Å². The number of imide groups is 1. The van der Waals surface area contributed by atoms with Gasteiger partial charge in [0, 0.05) is 96.2 Å². The van der Waals surface area contributed by atoms with Gasteiger partial charge in [0.1, 0.15) is 22.6 Å². The van der Waals surface area contributed by atoms with Crippen LogP contribution in [0.15, 0.2) is 66.9 Å². The highest BCUT2D eigenvalue weighted by Gasteiger charge is 2.39. The molecule has 1 unspecified atom stereocenters. The van der Waals surface area contributed by atoms with Crippen molar-refractivity contribution in [2.75, 3.05) is 82.7 Å². The van der Waals surface area contributed by atoms with Gasteiger partial charge in [-0.25, -0.2) is 4.98 Å². The molecule has 356 valence electrons. The van der Waals surface area contributed by atoms with Crippen LogP contribution in [0.25, 0.3) is 0 Å². The van der Waals surface area contributed by atoms with Crippen molar-refractivity contribution in [2.24, 2.45) is 0 Å². The fourth-order valence-electron chi connectivity index (χ4n) is 9.20. The molecule has 0 radical (unpaired) electrons. The minimum Gasteiger partial charge on any atom is -0.494 e. The number of ether oxygens (including phenoxy) is 2. The number of anilines is 5. The van der Waals surface area contributed by atoms with E-state index in [0.29, 0.717) is 71.6 Å². The molecule has 20 heteroatoms. The third-order valence-electron chi connectivity index (χ3n) is 12.9.